The van der Waals surface area contributed by atoms with Crippen molar-refractivity contribution in [2.75, 3.05) is 6.54 Å². The smallest absolute Gasteiger partial charge is 0.0900 e. The summed E-state index contributed by atoms with van der Waals surface area (Å²) in [5, 5.41) is 4.86. The summed E-state index contributed by atoms with van der Waals surface area (Å²) in [6, 6.07) is 11.2. The molecule has 0 spiro atoms. The number of aryl methyl sites for hydroxylation is 2. The Hall–Kier alpha value is -1.19. The maximum absolute atomic E-state index is 4.53. The molecular formula is C18H26N2S. The molecule has 21 heavy (non-hydrogen) atoms. The molecule has 2 rings (SSSR count). The Balaban J connectivity index is 2.04. The second kappa shape index (κ2) is 7.19. The van der Waals surface area contributed by atoms with Crippen LogP contribution in [-0.2, 0) is 0 Å². The first kappa shape index (κ1) is 16.2. The standard InChI is InChI=1S/C18H26N2S/c1-12(2)17(16-9-7-6-8-10-16)11-19-13(3)18-14(4)20-15(5)21-18/h6-10,12-13,17,19H,11H2,1-5H3. The highest BCUT2D eigenvalue weighted by atomic mass is 32.1. The van der Waals surface area contributed by atoms with Crippen molar-refractivity contribution in [3.05, 3.63) is 51.5 Å². The Morgan fingerprint density at radius 2 is 1.76 bits per heavy atom. The van der Waals surface area contributed by atoms with E-state index in [1.165, 1.54) is 16.1 Å². The Kier molecular flexibility index (Phi) is 5.54. The van der Waals surface area contributed by atoms with E-state index in [-0.39, 0.29) is 0 Å². The van der Waals surface area contributed by atoms with E-state index in [9.17, 15) is 0 Å². The Bertz CT molecular complexity index is 560. The summed E-state index contributed by atoms with van der Waals surface area (Å²) in [4.78, 5) is 5.89. The molecule has 0 aliphatic heterocycles. The molecule has 0 saturated heterocycles. The van der Waals surface area contributed by atoms with E-state index < -0.39 is 0 Å². The van der Waals surface area contributed by atoms with Gasteiger partial charge in [0.1, 0.15) is 0 Å². The normalized spacial score (nSPS) is 14.4. The maximum Gasteiger partial charge on any atom is 0.0900 e. The van der Waals surface area contributed by atoms with Crippen LogP contribution in [0.4, 0.5) is 0 Å². The number of nitrogens with zero attached hydrogens (tertiary/aromatic N) is 1. The molecule has 2 nitrogen and oxygen atoms in total. The van der Waals surface area contributed by atoms with Gasteiger partial charge in [-0.2, -0.15) is 0 Å². The van der Waals surface area contributed by atoms with Gasteiger partial charge in [-0.25, -0.2) is 4.98 Å². The third-order valence-corrected chi connectivity index (χ3v) is 5.26. The molecule has 1 aromatic heterocycles. The van der Waals surface area contributed by atoms with Gasteiger partial charge in [0.2, 0.25) is 0 Å². The van der Waals surface area contributed by atoms with Crippen molar-refractivity contribution in [2.24, 2.45) is 5.92 Å². The summed E-state index contributed by atoms with van der Waals surface area (Å²) in [5.74, 6) is 1.17. The summed E-state index contributed by atoms with van der Waals surface area (Å²) in [6.07, 6.45) is 0. The number of hydrogen-bond donors (Lipinski definition) is 1. The molecule has 114 valence electrons. The summed E-state index contributed by atoms with van der Waals surface area (Å²) in [7, 11) is 0. The topological polar surface area (TPSA) is 24.9 Å². The van der Waals surface area contributed by atoms with Crippen LogP contribution in [0.5, 0.6) is 0 Å². The fourth-order valence-corrected chi connectivity index (χ4v) is 3.74. The third kappa shape index (κ3) is 4.14. The predicted octanol–water partition coefficient (Wildman–Crippen LogP) is 4.85. The lowest BCUT2D eigenvalue weighted by molar-refractivity contribution is 0.437. The van der Waals surface area contributed by atoms with Crippen LogP contribution in [0, 0.1) is 19.8 Å². The van der Waals surface area contributed by atoms with Gasteiger partial charge in [-0.3, -0.25) is 0 Å². The summed E-state index contributed by atoms with van der Waals surface area (Å²) < 4.78 is 0. The van der Waals surface area contributed by atoms with Gasteiger partial charge in [0.05, 0.1) is 10.7 Å². The van der Waals surface area contributed by atoms with Crippen molar-refractivity contribution in [2.45, 2.75) is 46.6 Å². The monoisotopic (exact) mass is 302 g/mol. The molecule has 2 aromatic rings. The molecule has 0 saturated carbocycles. The van der Waals surface area contributed by atoms with Crippen molar-refractivity contribution >= 4 is 11.3 Å². The molecule has 3 heteroatoms. The molecule has 1 aromatic carbocycles. The van der Waals surface area contributed by atoms with Crippen molar-refractivity contribution in [3.63, 3.8) is 0 Å². The van der Waals surface area contributed by atoms with Crippen molar-refractivity contribution in [1.82, 2.24) is 10.3 Å². The van der Waals surface area contributed by atoms with E-state index in [4.69, 9.17) is 0 Å². The first-order chi connectivity index (χ1) is 9.99. The Morgan fingerprint density at radius 3 is 2.29 bits per heavy atom. The first-order valence-electron chi connectivity index (χ1n) is 7.71. The highest BCUT2D eigenvalue weighted by Gasteiger charge is 2.18. The van der Waals surface area contributed by atoms with Crippen molar-refractivity contribution in [1.29, 1.82) is 0 Å². The fourth-order valence-electron chi connectivity index (χ4n) is 2.78. The lowest BCUT2D eigenvalue weighted by Gasteiger charge is -2.24. The largest absolute Gasteiger partial charge is 0.309 e. The minimum atomic E-state index is 0.362. The molecule has 2 atom stereocenters. The van der Waals surface area contributed by atoms with Crippen LogP contribution < -0.4 is 5.32 Å². The molecule has 0 aliphatic rings. The number of benzene rings is 1. The van der Waals surface area contributed by atoms with Crippen LogP contribution >= 0.6 is 11.3 Å². The second-order valence-electron chi connectivity index (χ2n) is 6.07. The first-order valence-corrected chi connectivity index (χ1v) is 8.53. The lowest BCUT2D eigenvalue weighted by Crippen LogP contribution is -2.27. The fraction of sp³-hybridized carbons (Fsp3) is 0.500. The van der Waals surface area contributed by atoms with Gasteiger partial charge in [-0.05, 0) is 38.2 Å². The second-order valence-corrected chi connectivity index (χ2v) is 7.31. The van der Waals surface area contributed by atoms with Gasteiger partial charge in [0.15, 0.2) is 0 Å². The highest BCUT2D eigenvalue weighted by Crippen LogP contribution is 2.27. The molecule has 0 bridgehead atoms. The third-order valence-electron chi connectivity index (χ3n) is 4.01. The van der Waals surface area contributed by atoms with Crippen LogP contribution in [0.2, 0.25) is 0 Å². The molecule has 2 unspecified atom stereocenters. The van der Waals surface area contributed by atoms with E-state index in [1.807, 2.05) is 0 Å². The van der Waals surface area contributed by atoms with E-state index >= 15 is 0 Å². The number of aromatic nitrogens is 1. The number of thiazole rings is 1. The summed E-state index contributed by atoms with van der Waals surface area (Å²) in [5.41, 5.74) is 2.59. The zero-order valence-corrected chi connectivity index (χ0v) is 14.5. The SMILES string of the molecule is Cc1nc(C)c(C(C)NCC(c2ccccc2)C(C)C)s1. The Morgan fingerprint density at radius 1 is 1.10 bits per heavy atom. The molecular weight excluding hydrogens is 276 g/mol. The number of nitrogens with one attached hydrogen (secondary N) is 1. The van der Waals surface area contributed by atoms with Crippen LogP contribution in [0.15, 0.2) is 30.3 Å². The average molecular weight is 302 g/mol. The average Bonchev–Trinajstić information content (AvgIpc) is 2.78. The predicted molar refractivity (Wildman–Crippen MR) is 92.0 cm³/mol. The van der Waals surface area contributed by atoms with E-state index in [1.54, 1.807) is 11.3 Å². The van der Waals surface area contributed by atoms with E-state index in [0.717, 1.165) is 11.6 Å². The lowest BCUT2D eigenvalue weighted by atomic mass is 9.88. The zero-order valence-electron chi connectivity index (χ0n) is 13.7. The van der Waals surface area contributed by atoms with Gasteiger partial charge >= 0.3 is 0 Å². The van der Waals surface area contributed by atoms with Crippen LogP contribution in [0.1, 0.15) is 53.9 Å². The van der Waals surface area contributed by atoms with Gasteiger partial charge in [-0.1, -0.05) is 44.2 Å². The summed E-state index contributed by atoms with van der Waals surface area (Å²) >= 11 is 1.80. The van der Waals surface area contributed by atoms with Crippen LogP contribution in [0.25, 0.3) is 0 Å². The highest BCUT2D eigenvalue weighted by molar-refractivity contribution is 7.11. The summed E-state index contributed by atoms with van der Waals surface area (Å²) in [6.45, 7) is 12.0. The number of hydrogen-bond acceptors (Lipinski definition) is 3. The molecule has 0 aliphatic carbocycles. The molecule has 1 N–H and O–H groups in total. The molecule has 0 amide bonds. The van der Waals surface area contributed by atoms with E-state index in [0.29, 0.717) is 17.9 Å². The van der Waals surface area contributed by atoms with Crippen molar-refractivity contribution in [3.8, 4) is 0 Å². The van der Waals surface area contributed by atoms with Gasteiger partial charge < -0.3 is 5.32 Å². The van der Waals surface area contributed by atoms with Crippen LogP contribution in [0.3, 0.4) is 0 Å². The molecule has 0 fully saturated rings. The van der Waals surface area contributed by atoms with Gasteiger partial charge in [-0.15, -0.1) is 11.3 Å². The van der Waals surface area contributed by atoms with Gasteiger partial charge in [0, 0.05) is 17.5 Å². The zero-order chi connectivity index (χ0) is 15.4. The quantitative estimate of drug-likeness (QED) is 0.825. The Labute approximate surface area is 132 Å². The van der Waals surface area contributed by atoms with Crippen molar-refractivity contribution < 1.29 is 0 Å². The maximum atomic E-state index is 4.53. The minimum absolute atomic E-state index is 0.362. The van der Waals surface area contributed by atoms with Gasteiger partial charge in [0.25, 0.3) is 0 Å². The van der Waals surface area contributed by atoms with Crippen LogP contribution in [-0.4, -0.2) is 11.5 Å². The molecule has 1 heterocycles. The van der Waals surface area contributed by atoms with E-state index in [2.05, 4.69) is 75.3 Å². The minimum Gasteiger partial charge on any atom is -0.309 e. The number of rotatable bonds is 6. The molecule has 0 radical (unpaired) electrons.